The van der Waals surface area contributed by atoms with Crippen LogP contribution in [0.2, 0.25) is 0 Å². The number of ketones is 1. The van der Waals surface area contributed by atoms with Crippen LogP contribution in [-0.4, -0.2) is 11.9 Å². The van der Waals surface area contributed by atoms with E-state index in [-0.39, 0.29) is 11.5 Å². The summed E-state index contributed by atoms with van der Waals surface area (Å²) in [5.41, 5.74) is 0. The number of benzene rings is 1. The third-order valence-corrected chi connectivity index (χ3v) is 1.60. The van der Waals surface area contributed by atoms with Crippen LogP contribution < -0.4 is 4.74 Å². The van der Waals surface area contributed by atoms with Gasteiger partial charge in [0.2, 0.25) is 0 Å². The fourth-order valence-electron chi connectivity index (χ4n) is 1.05. The van der Waals surface area contributed by atoms with Crippen LogP contribution in [0.5, 0.6) is 5.75 Å². The van der Waals surface area contributed by atoms with Crippen molar-refractivity contribution in [3.05, 3.63) is 42.2 Å². The molecule has 1 aromatic carbocycles. The van der Waals surface area contributed by atoms with Gasteiger partial charge in [-0.25, -0.2) is 4.79 Å². The minimum atomic E-state index is -0.860. The van der Waals surface area contributed by atoms with Crippen molar-refractivity contribution in [2.24, 2.45) is 0 Å². The molecule has 0 heterocycles. The average Bonchev–Trinajstić information content (AvgIpc) is 2.17. The monoisotopic (exact) mass is 220 g/mol. The molecule has 0 aliphatic heterocycles. The van der Waals surface area contributed by atoms with Gasteiger partial charge in [-0.1, -0.05) is 18.2 Å². The Hall–Kier alpha value is -2.10. The summed E-state index contributed by atoms with van der Waals surface area (Å²) in [6.07, 6.45) is 0.355. The number of hydrogen-bond acceptors (Lipinski definition) is 4. The predicted molar refractivity (Wildman–Crippen MR) is 58.0 cm³/mol. The van der Waals surface area contributed by atoms with E-state index in [0.29, 0.717) is 5.75 Å². The van der Waals surface area contributed by atoms with Crippen molar-refractivity contribution in [2.75, 3.05) is 0 Å². The number of carbonyl (C=O) groups excluding carboxylic acids is 2. The van der Waals surface area contributed by atoms with E-state index in [1.165, 1.54) is 19.9 Å². The third kappa shape index (κ3) is 4.41. The Balaban J connectivity index is 2.52. The summed E-state index contributed by atoms with van der Waals surface area (Å²) in [5, 5.41) is 0. The molecule has 4 heteroatoms. The average molecular weight is 220 g/mol. The molecule has 0 bridgehead atoms. The molecular weight excluding hydrogens is 208 g/mol. The topological polar surface area (TPSA) is 52.6 Å². The lowest BCUT2D eigenvalue weighted by atomic mass is 10.3. The van der Waals surface area contributed by atoms with Gasteiger partial charge in [0.15, 0.2) is 5.78 Å². The number of carbonyl (C=O) groups is 2. The molecule has 84 valence electrons. The molecule has 0 spiro atoms. The zero-order chi connectivity index (χ0) is 12.0. The number of rotatable bonds is 3. The molecule has 0 aliphatic carbocycles. The molecule has 0 unspecified atom stereocenters. The normalized spacial score (nSPS) is 10.8. The van der Waals surface area contributed by atoms with E-state index in [1.54, 1.807) is 30.3 Å². The Morgan fingerprint density at radius 1 is 1.12 bits per heavy atom. The summed E-state index contributed by atoms with van der Waals surface area (Å²) in [5.74, 6) is 0.404. The van der Waals surface area contributed by atoms with Crippen LogP contribution in [0.3, 0.4) is 0 Å². The molecule has 1 rings (SSSR count). The first kappa shape index (κ1) is 12.0. The van der Waals surface area contributed by atoms with E-state index in [9.17, 15) is 9.59 Å². The SMILES string of the molecule is CC(=O)C=C(C)OC(=O)Oc1ccccc1. The predicted octanol–water partition coefficient (Wildman–Crippen LogP) is 2.69. The van der Waals surface area contributed by atoms with Gasteiger partial charge in [-0.15, -0.1) is 0 Å². The molecular formula is C12H12O4. The number of allylic oxidation sites excluding steroid dienone is 2. The van der Waals surface area contributed by atoms with E-state index >= 15 is 0 Å². The molecule has 0 atom stereocenters. The zero-order valence-corrected chi connectivity index (χ0v) is 9.10. The van der Waals surface area contributed by atoms with E-state index in [1.807, 2.05) is 0 Å². The highest BCUT2D eigenvalue weighted by atomic mass is 16.7. The summed E-state index contributed by atoms with van der Waals surface area (Å²) in [4.78, 5) is 21.9. The molecule has 0 radical (unpaired) electrons. The first-order chi connectivity index (χ1) is 7.58. The summed E-state index contributed by atoms with van der Waals surface area (Å²) in [6.45, 7) is 2.88. The molecule has 16 heavy (non-hydrogen) atoms. The minimum Gasteiger partial charge on any atom is -0.399 e. The first-order valence-electron chi connectivity index (χ1n) is 4.71. The standard InChI is InChI=1S/C12H12O4/c1-9(13)8-10(2)15-12(14)16-11-6-4-3-5-7-11/h3-8H,1-2H3. The summed E-state index contributed by atoms with van der Waals surface area (Å²) in [7, 11) is 0. The Kier molecular flexibility index (Phi) is 4.27. The Morgan fingerprint density at radius 2 is 1.75 bits per heavy atom. The largest absolute Gasteiger partial charge is 0.519 e. The van der Waals surface area contributed by atoms with Crippen LogP contribution in [0.1, 0.15) is 13.8 Å². The smallest absolute Gasteiger partial charge is 0.399 e. The molecule has 0 saturated carbocycles. The molecule has 0 fully saturated rings. The maximum atomic E-state index is 11.2. The van der Waals surface area contributed by atoms with Gasteiger partial charge in [-0.05, 0) is 26.0 Å². The zero-order valence-electron chi connectivity index (χ0n) is 9.10. The van der Waals surface area contributed by atoms with Crippen LogP contribution >= 0.6 is 0 Å². The lowest BCUT2D eigenvalue weighted by Gasteiger charge is -2.04. The molecule has 1 aromatic rings. The van der Waals surface area contributed by atoms with Crippen LogP contribution in [0, 0.1) is 0 Å². The van der Waals surface area contributed by atoms with Gasteiger partial charge >= 0.3 is 6.16 Å². The Morgan fingerprint density at radius 3 is 2.31 bits per heavy atom. The van der Waals surface area contributed by atoms with Crippen LogP contribution in [-0.2, 0) is 9.53 Å². The highest BCUT2D eigenvalue weighted by Gasteiger charge is 2.06. The number of ether oxygens (including phenoxy) is 2. The Bertz CT molecular complexity index is 406. The third-order valence-electron chi connectivity index (χ3n) is 1.60. The number of hydrogen-bond donors (Lipinski definition) is 0. The van der Waals surface area contributed by atoms with E-state index in [4.69, 9.17) is 9.47 Å². The van der Waals surface area contributed by atoms with Crippen molar-refractivity contribution in [2.45, 2.75) is 13.8 Å². The van der Waals surface area contributed by atoms with Crippen molar-refractivity contribution in [1.82, 2.24) is 0 Å². The molecule has 0 saturated heterocycles. The van der Waals surface area contributed by atoms with Gasteiger partial charge in [0.25, 0.3) is 0 Å². The molecule has 0 N–H and O–H groups in total. The van der Waals surface area contributed by atoms with Crippen LogP contribution in [0.25, 0.3) is 0 Å². The second-order valence-corrected chi connectivity index (χ2v) is 3.13. The van der Waals surface area contributed by atoms with Crippen LogP contribution in [0.4, 0.5) is 4.79 Å². The van der Waals surface area contributed by atoms with Gasteiger partial charge in [0.05, 0.1) is 0 Å². The highest BCUT2D eigenvalue weighted by molar-refractivity contribution is 5.87. The van der Waals surface area contributed by atoms with Crippen molar-refractivity contribution < 1.29 is 19.1 Å². The van der Waals surface area contributed by atoms with Gasteiger partial charge in [0.1, 0.15) is 11.5 Å². The van der Waals surface area contributed by atoms with Crippen molar-refractivity contribution in [3.63, 3.8) is 0 Å². The quantitative estimate of drug-likeness (QED) is 0.340. The lowest BCUT2D eigenvalue weighted by Crippen LogP contribution is -2.09. The van der Waals surface area contributed by atoms with Gasteiger partial charge in [-0.3, -0.25) is 4.79 Å². The van der Waals surface area contributed by atoms with Gasteiger partial charge in [0, 0.05) is 6.08 Å². The van der Waals surface area contributed by atoms with Gasteiger partial charge < -0.3 is 9.47 Å². The van der Waals surface area contributed by atoms with Crippen molar-refractivity contribution >= 4 is 11.9 Å². The van der Waals surface area contributed by atoms with Crippen LogP contribution in [0.15, 0.2) is 42.2 Å². The van der Waals surface area contributed by atoms with Crippen molar-refractivity contribution in [1.29, 1.82) is 0 Å². The fraction of sp³-hybridized carbons (Fsp3) is 0.167. The molecule has 0 aromatic heterocycles. The second kappa shape index (κ2) is 5.70. The van der Waals surface area contributed by atoms with E-state index in [0.717, 1.165) is 0 Å². The summed E-state index contributed by atoms with van der Waals surface area (Å²) >= 11 is 0. The highest BCUT2D eigenvalue weighted by Crippen LogP contribution is 2.10. The maximum absolute atomic E-state index is 11.2. The van der Waals surface area contributed by atoms with Gasteiger partial charge in [-0.2, -0.15) is 0 Å². The lowest BCUT2D eigenvalue weighted by molar-refractivity contribution is -0.112. The first-order valence-corrected chi connectivity index (χ1v) is 4.71. The maximum Gasteiger partial charge on any atom is 0.519 e. The Labute approximate surface area is 93.5 Å². The van der Waals surface area contributed by atoms with E-state index in [2.05, 4.69) is 0 Å². The van der Waals surface area contributed by atoms with Crippen molar-refractivity contribution in [3.8, 4) is 5.75 Å². The second-order valence-electron chi connectivity index (χ2n) is 3.13. The summed E-state index contributed by atoms with van der Waals surface area (Å²) < 4.78 is 9.60. The summed E-state index contributed by atoms with van der Waals surface area (Å²) in [6, 6.07) is 8.54. The van der Waals surface area contributed by atoms with E-state index < -0.39 is 6.16 Å². The molecule has 0 amide bonds. The number of para-hydroxylation sites is 1. The fourth-order valence-corrected chi connectivity index (χ4v) is 1.05. The minimum absolute atomic E-state index is 0.190. The molecule has 4 nitrogen and oxygen atoms in total. The molecule has 0 aliphatic rings.